The Hall–Kier alpha value is -1.55. The second-order valence-electron chi connectivity index (χ2n) is 4.03. The Morgan fingerprint density at radius 3 is 2.81 bits per heavy atom. The van der Waals surface area contributed by atoms with Gasteiger partial charge in [0.25, 0.3) is 5.56 Å². The summed E-state index contributed by atoms with van der Waals surface area (Å²) in [4.78, 5) is 26.8. The summed E-state index contributed by atoms with van der Waals surface area (Å²) in [6, 6.07) is 1.57. The molecule has 0 aliphatic rings. The summed E-state index contributed by atoms with van der Waals surface area (Å²) >= 11 is 1.82. The molecular formula is C11H9F3N2O3S2. The summed E-state index contributed by atoms with van der Waals surface area (Å²) in [5.74, 6) is -1.52. The molecule has 2 heterocycles. The number of thiophene rings is 1. The zero-order valence-corrected chi connectivity index (χ0v) is 12.0. The second-order valence-corrected chi connectivity index (χ2v) is 5.89. The minimum Gasteiger partial charge on any atom is -0.481 e. The van der Waals surface area contributed by atoms with E-state index in [-0.39, 0.29) is 15.6 Å². The van der Waals surface area contributed by atoms with E-state index in [1.807, 2.05) is 0 Å². The van der Waals surface area contributed by atoms with Crippen molar-refractivity contribution in [2.75, 3.05) is 5.75 Å². The molecule has 21 heavy (non-hydrogen) atoms. The van der Waals surface area contributed by atoms with Gasteiger partial charge in [-0.1, -0.05) is 11.8 Å². The number of hydrogen-bond acceptors (Lipinski definition) is 5. The van der Waals surface area contributed by atoms with Crippen LogP contribution < -0.4 is 5.56 Å². The Balaban J connectivity index is 2.42. The van der Waals surface area contributed by atoms with Gasteiger partial charge >= 0.3 is 12.1 Å². The molecule has 5 nitrogen and oxygen atoms in total. The standard InChI is InChI=1S/C11H9F3N2O3S2/c12-11(13,14)2-3-16-9(19)8-6(1-4-20-8)15-10(16)21-5-7(17)18/h1,4H,2-3,5H2,(H,17,18). The first-order valence-electron chi connectivity index (χ1n) is 5.67. The van der Waals surface area contributed by atoms with E-state index in [0.717, 1.165) is 27.7 Å². The average Bonchev–Trinajstić information content (AvgIpc) is 2.82. The summed E-state index contributed by atoms with van der Waals surface area (Å²) in [5.41, 5.74) is -0.215. The molecule has 0 atom stereocenters. The number of thioether (sulfide) groups is 1. The minimum absolute atomic E-state index is 0.0162. The topological polar surface area (TPSA) is 72.2 Å². The van der Waals surface area contributed by atoms with Gasteiger partial charge in [0.15, 0.2) is 5.16 Å². The fourth-order valence-electron chi connectivity index (χ4n) is 1.60. The Kier molecular flexibility index (Phi) is 4.57. The van der Waals surface area contributed by atoms with Crippen LogP contribution in [-0.2, 0) is 11.3 Å². The van der Waals surface area contributed by atoms with Gasteiger partial charge in [0.2, 0.25) is 0 Å². The quantitative estimate of drug-likeness (QED) is 0.670. The van der Waals surface area contributed by atoms with Crippen LogP contribution >= 0.6 is 23.1 Å². The number of halogens is 3. The first-order valence-corrected chi connectivity index (χ1v) is 7.54. The predicted octanol–water partition coefficient (Wildman–Crippen LogP) is 2.59. The van der Waals surface area contributed by atoms with Gasteiger partial charge in [-0.3, -0.25) is 14.2 Å². The third-order valence-electron chi connectivity index (χ3n) is 2.47. The molecule has 0 aliphatic heterocycles. The molecule has 2 rings (SSSR count). The molecule has 0 fully saturated rings. The Morgan fingerprint density at radius 1 is 1.48 bits per heavy atom. The number of fused-ring (bicyclic) bond motifs is 1. The monoisotopic (exact) mass is 338 g/mol. The predicted molar refractivity (Wildman–Crippen MR) is 72.9 cm³/mol. The number of carboxylic acids is 1. The molecule has 0 unspecified atom stereocenters. The molecule has 10 heteroatoms. The fraction of sp³-hybridized carbons (Fsp3) is 0.364. The van der Waals surface area contributed by atoms with Gasteiger partial charge in [0.05, 0.1) is 17.7 Å². The lowest BCUT2D eigenvalue weighted by Gasteiger charge is -2.12. The van der Waals surface area contributed by atoms with Gasteiger partial charge in [-0.15, -0.1) is 11.3 Å². The highest BCUT2D eigenvalue weighted by Gasteiger charge is 2.28. The van der Waals surface area contributed by atoms with Crippen molar-refractivity contribution in [3.63, 3.8) is 0 Å². The summed E-state index contributed by atoms with van der Waals surface area (Å²) in [7, 11) is 0. The number of carboxylic acid groups (broad SMARTS) is 1. The van der Waals surface area contributed by atoms with Crippen molar-refractivity contribution >= 4 is 39.3 Å². The SMILES string of the molecule is O=C(O)CSc1nc2ccsc2c(=O)n1CCC(F)(F)F. The van der Waals surface area contributed by atoms with E-state index < -0.39 is 30.7 Å². The highest BCUT2D eigenvalue weighted by molar-refractivity contribution is 7.99. The van der Waals surface area contributed by atoms with E-state index in [2.05, 4.69) is 4.98 Å². The van der Waals surface area contributed by atoms with Crippen molar-refractivity contribution in [2.24, 2.45) is 0 Å². The van der Waals surface area contributed by atoms with Crippen LogP contribution in [0.25, 0.3) is 10.2 Å². The first-order chi connectivity index (χ1) is 9.78. The molecule has 0 radical (unpaired) electrons. The van der Waals surface area contributed by atoms with E-state index in [1.165, 1.54) is 0 Å². The smallest absolute Gasteiger partial charge is 0.390 e. The molecule has 0 amide bonds. The molecular weight excluding hydrogens is 329 g/mol. The van der Waals surface area contributed by atoms with Gasteiger partial charge in [0.1, 0.15) is 4.70 Å². The highest BCUT2D eigenvalue weighted by atomic mass is 32.2. The van der Waals surface area contributed by atoms with E-state index in [1.54, 1.807) is 11.4 Å². The van der Waals surface area contributed by atoms with Gasteiger partial charge in [-0.25, -0.2) is 4.98 Å². The number of aliphatic carboxylic acids is 1. The summed E-state index contributed by atoms with van der Waals surface area (Å²) < 4.78 is 38.2. The van der Waals surface area contributed by atoms with Crippen LogP contribution in [0.3, 0.4) is 0 Å². The first kappa shape index (κ1) is 15.8. The maximum Gasteiger partial charge on any atom is 0.390 e. The largest absolute Gasteiger partial charge is 0.481 e. The Bertz CT molecular complexity index is 724. The molecule has 2 aromatic rings. The van der Waals surface area contributed by atoms with Crippen LogP contribution in [0.1, 0.15) is 6.42 Å². The lowest BCUT2D eigenvalue weighted by Crippen LogP contribution is -2.25. The molecule has 0 saturated heterocycles. The number of aromatic nitrogens is 2. The van der Waals surface area contributed by atoms with Crippen LogP contribution in [0.4, 0.5) is 13.2 Å². The maximum atomic E-state index is 12.3. The van der Waals surface area contributed by atoms with Crippen molar-refractivity contribution in [3.8, 4) is 0 Å². The molecule has 0 aliphatic carbocycles. The fourth-order valence-corrected chi connectivity index (χ4v) is 3.12. The summed E-state index contributed by atoms with van der Waals surface area (Å²) in [6.45, 7) is -0.578. The molecule has 0 spiro atoms. The number of hydrogen-bond donors (Lipinski definition) is 1. The molecule has 0 saturated carbocycles. The van der Waals surface area contributed by atoms with Crippen LogP contribution in [-0.4, -0.2) is 32.6 Å². The zero-order chi connectivity index (χ0) is 15.6. The lowest BCUT2D eigenvalue weighted by atomic mass is 10.4. The highest BCUT2D eigenvalue weighted by Crippen LogP contribution is 2.24. The number of alkyl halides is 3. The van der Waals surface area contributed by atoms with Gasteiger partial charge < -0.3 is 5.11 Å². The number of rotatable bonds is 5. The summed E-state index contributed by atoms with van der Waals surface area (Å²) in [6.07, 6.45) is -5.58. The van der Waals surface area contributed by atoms with E-state index in [9.17, 15) is 22.8 Å². The van der Waals surface area contributed by atoms with Crippen LogP contribution in [0.5, 0.6) is 0 Å². The molecule has 1 N–H and O–H groups in total. The van der Waals surface area contributed by atoms with Gasteiger partial charge in [-0.2, -0.15) is 13.2 Å². The van der Waals surface area contributed by atoms with Crippen LogP contribution in [0, 0.1) is 0 Å². The molecule has 0 bridgehead atoms. The third-order valence-corrected chi connectivity index (χ3v) is 4.33. The zero-order valence-electron chi connectivity index (χ0n) is 10.4. The van der Waals surface area contributed by atoms with E-state index in [4.69, 9.17) is 5.11 Å². The molecule has 2 aromatic heterocycles. The summed E-state index contributed by atoms with van der Waals surface area (Å²) in [5, 5.41) is 10.2. The maximum absolute atomic E-state index is 12.3. The number of carbonyl (C=O) groups is 1. The van der Waals surface area contributed by atoms with Crippen LogP contribution in [0.2, 0.25) is 0 Å². The van der Waals surface area contributed by atoms with Crippen molar-refractivity contribution < 1.29 is 23.1 Å². The molecule has 0 aromatic carbocycles. The minimum atomic E-state index is -4.40. The van der Waals surface area contributed by atoms with Crippen molar-refractivity contribution in [3.05, 3.63) is 21.8 Å². The van der Waals surface area contributed by atoms with Gasteiger partial charge in [0, 0.05) is 6.54 Å². The van der Waals surface area contributed by atoms with E-state index in [0.29, 0.717) is 5.52 Å². The van der Waals surface area contributed by atoms with Crippen molar-refractivity contribution in [1.29, 1.82) is 0 Å². The number of nitrogens with zero attached hydrogens (tertiary/aromatic N) is 2. The normalized spacial score (nSPS) is 12.0. The van der Waals surface area contributed by atoms with Crippen LogP contribution in [0.15, 0.2) is 21.4 Å². The average molecular weight is 338 g/mol. The Labute approximate surface area is 124 Å². The van der Waals surface area contributed by atoms with Crippen molar-refractivity contribution in [2.45, 2.75) is 24.3 Å². The second kappa shape index (κ2) is 6.06. The molecule has 114 valence electrons. The van der Waals surface area contributed by atoms with E-state index >= 15 is 0 Å². The third kappa shape index (κ3) is 3.97. The lowest BCUT2D eigenvalue weighted by molar-refractivity contribution is -0.137. The Morgan fingerprint density at radius 2 is 2.19 bits per heavy atom. The van der Waals surface area contributed by atoms with Gasteiger partial charge in [-0.05, 0) is 11.4 Å². The van der Waals surface area contributed by atoms with Crippen molar-refractivity contribution in [1.82, 2.24) is 9.55 Å².